The number of allylic oxidation sites excluding steroid dienone is 5. The number of halogens is 1. The molecule has 1 heterocycles. The number of non-ortho nitro benzene ring substituents is 1. The third-order valence-corrected chi connectivity index (χ3v) is 10.2. The van der Waals surface area contributed by atoms with Crippen LogP contribution < -0.4 is 4.74 Å². The highest BCUT2D eigenvalue weighted by molar-refractivity contribution is 7.89. The van der Waals surface area contributed by atoms with Gasteiger partial charge in [0.1, 0.15) is 11.6 Å². The quantitative estimate of drug-likeness (QED) is 0.205. The third-order valence-electron chi connectivity index (χ3n) is 8.27. The fraction of sp³-hybridized carbons (Fsp3) is 0.273. The molecule has 0 amide bonds. The Morgan fingerprint density at radius 2 is 1.67 bits per heavy atom. The maximum atomic E-state index is 13.3. The zero-order valence-electron chi connectivity index (χ0n) is 23.0. The first-order valence-electron chi connectivity index (χ1n) is 14.2. The van der Waals surface area contributed by atoms with Crippen molar-refractivity contribution in [1.82, 2.24) is 4.31 Å². The molecule has 3 aromatic carbocycles. The number of sulfonamides is 1. The lowest BCUT2D eigenvalue weighted by molar-refractivity contribution is -0.384. The molecule has 0 saturated carbocycles. The maximum Gasteiger partial charge on any atom is 0.270 e. The van der Waals surface area contributed by atoms with Crippen LogP contribution in [0.2, 0.25) is 0 Å². The molecule has 6 rings (SSSR count). The van der Waals surface area contributed by atoms with E-state index in [-0.39, 0.29) is 15.5 Å². The second-order valence-corrected chi connectivity index (χ2v) is 12.8. The molecule has 2 aliphatic carbocycles. The average molecular weight is 587 g/mol. The Morgan fingerprint density at radius 3 is 2.40 bits per heavy atom. The van der Waals surface area contributed by atoms with Gasteiger partial charge in [-0.05, 0) is 108 Å². The van der Waals surface area contributed by atoms with Gasteiger partial charge >= 0.3 is 0 Å². The minimum absolute atomic E-state index is 0.0699. The fourth-order valence-electron chi connectivity index (χ4n) is 6.01. The largest absolute Gasteiger partial charge is 0.493 e. The van der Waals surface area contributed by atoms with Gasteiger partial charge in [0.05, 0.1) is 16.4 Å². The van der Waals surface area contributed by atoms with E-state index in [4.69, 9.17) is 4.74 Å². The highest BCUT2D eigenvalue weighted by atomic mass is 32.2. The van der Waals surface area contributed by atoms with Gasteiger partial charge in [0, 0.05) is 30.8 Å². The van der Waals surface area contributed by atoms with E-state index in [1.54, 1.807) is 12.1 Å². The van der Waals surface area contributed by atoms with Gasteiger partial charge in [-0.15, -0.1) is 0 Å². The molecule has 0 aromatic heterocycles. The van der Waals surface area contributed by atoms with E-state index < -0.39 is 15.8 Å². The molecule has 0 atom stereocenters. The average Bonchev–Trinajstić information content (AvgIpc) is 3.31. The van der Waals surface area contributed by atoms with Gasteiger partial charge in [0.25, 0.3) is 5.69 Å². The summed E-state index contributed by atoms with van der Waals surface area (Å²) in [6, 6.07) is 17.8. The van der Waals surface area contributed by atoms with Crippen LogP contribution >= 0.6 is 0 Å². The Kier molecular flexibility index (Phi) is 7.79. The Hall–Kier alpha value is -4.08. The fourth-order valence-corrected chi connectivity index (χ4v) is 7.48. The normalized spacial score (nSPS) is 18.3. The molecule has 1 saturated heterocycles. The molecule has 0 bridgehead atoms. The number of fused-ring (bicyclic) bond motifs is 3. The maximum absolute atomic E-state index is 13.3. The molecule has 0 radical (unpaired) electrons. The van der Waals surface area contributed by atoms with Crippen molar-refractivity contribution in [3.8, 4) is 5.75 Å². The van der Waals surface area contributed by atoms with Gasteiger partial charge in [0.2, 0.25) is 10.0 Å². The van der Waals surface area contributed by atoms with Crippen molar-refractivity contribution in [2.45, 2.75) is 37.0 Å². The van der Waals surface area contributed by atoms with Crippen LogP contribution in [0.3, 0.4) is 0 Å². The topological polar surface area (TPSA) is 89.8 Å². The first-order valence-corrected chi connectivity index (χ1v) is 15.6. The summed E-state index contributed by atoms with van der Waals surface area (Å²) in [7, 11) is -3.64. The van der Waals surface area contributed by atoms with Crippen molar-refractivity contribution >= 4 is 32.9 Å². The Balaban J connectivity index is 1.13. The first kappa shape index (κ1) is 28.1. The summed E-state index contributed by atoms with van der Waals surface area (Å²) in [5.41, 5.74) is 6.05. The number of benzene rings is 3. The smallest absolute Gasteiger partial charge is 0.270 e. The summed E-state index contributed by atoms with van der Waals surface area (Å²) in [4.78, 5) is 11.3. The van der Waals surface area contributed by atoms with Crippen LogP contribution in [0, 0.1) is 21.8 Å². The molecule has 9 heteroatoms. The van der Waals surface area contributed by atoms with Crippen LogP contribution in [0.5, 0.6) is 5.75 Å². The van der Waals surface area contributed by atoms with Gasteiger partial charge < -0.3 is 4.74 Å². The van der Waals surface area contributed by atoms with Crippen LogP contribution in [-0.4, -0.2) is 37.3 Å². The lowest BCUT2D eigenvalue weighted by Gasteiger charge is -2.31. The summed E-state index contributed by atoms with van der Waals surface area (Å²) >= 11 is 0. The van der Waals surface area contributed by atoms with Gasteiger partial charge in [-0.1, -0.05) is 30.4 Å². The van der Waals surface area contributed by atoms with Gasteiger partial charge in [0.15, 0.2) is 0 Å². The van der Waals surface area contributed by atoms with Crippen molar-refractivity contribution < 1.29 is 22.5 Å². The van der Waals surface area contributed by atoms with Gasteiger partial charge in [-0.2, -0.15) is 4.31 Å². The van der Waals surface area contributed by atoms with Crippen molar-refractivity contribution in [2.75, 3.05) is 19.7 Å². The molecule has 7 nitrogen and oxygen atoms in total. The second kappa shape index (κ2) is 11.7. The molecular weight excluding hydrogens is 555 g/mol. The molecule has 42 heavy (non-hydrogen) atoms. The van der Waals surface area contributed by atoms with Crippen LogP contribution in [-0.2, 0) is 10.0 Å². The third kappa shape index (κ3) is 5.54. The summed E-state index contributed by atoms with van der Waals surface area (Å²) in [6.07, 6.45) is 10.6. The number of hydrogen-bond donors (Lipinski definition) is 0. The zero-order valence-corrected chi connectivity index (χ0v) is 23.9. The van der Waals surface area contributed by atoms with E-state index in [1.807, 2.05) is 30.3 Å². The Labute approximate surface area is 244 Å². The molecule has 0 spiro atoms. The Bertz CT molecular complexity index is 1720. The van der Waals surface area contributed by atoms with E-state index in [1.165, 1.54) is 28.6 Å². The van der Waals surface area contributed by atoms with Crippen LogP contribution in [0.15, 0.2) is 89.4 Å². The van der Waals surface area contributed by atoms with E-state index in [0.717, 1.165) is 71.3 Å². The first-order chi connectivity index (χ1) is 20.3. The second-order valence-electron chi connectivity index (χ2n) is 10.8. The standard InChI is InChI=1S/C33H31FN2O5S/c34-25-9-12-27(13-10-25)42(39,40)35-18-15-23(16-19-35)17-20-41-33-8-4-1-5-24(33)21-31-29-7-3-2-6-28(29)30-14-11-26(36(37)38)22-32(30)31/h1,4-14,21-23H,2-3,15-20H2/b31-21+. The highest BCUT2D eigenvalue weighted by Crippen LogP contribution is 2.49. The monoisotopic (exact) mass is 586 g/mol. The number of ether oxygens (including phenoxy) is 1. The molecule has 216 valence electrons. The SMILES string of the molecule is O=[N+]([O-])c1ccc2c(c1)/C(=C/c1ccccc1OCCC1CCN(S(=O)(=O)c3ccc(F)cc3)CC1)C1=CCCC=C12. The van der Waals surface area contributed by atoms with Crippen molar-refractivity contribution in [3.05, 3.63) is 117 Å². The number of piperidine rings is 1. The lowest BCUT2D eigenvalue weighted by Crippen LogP contribution is -2.38. The number of para-hydroxylation sites is 1. The number of nitrogens with zero attached hydrogens (tertiary/aromatic N) is 2. The minimum atomic E-state index is -3.64. The lowest BCUT2D eigenvalue weighted by atomic mass is 9.95. The van der Waals surface area contributed by atoms with Gasteiger partial charge in [-0.3, -0.25) is 10.1 Å². The van der Waals surface area contributed by atoms with E-state index >= 15 is 0 Å². The van der Waals surface area contributed by atoms with Crippen LogP contribution in [0.25, 0.3) is 17.2 Å². The summed E-state index contributed by atoms with van der Waals surface area (Å²) < 4.78 is 46.9. The predicted molar refractivity (Wildman–Crippen MR) is 161 cm³/mol. The highest BCUT2D eigenvalue weighted by Gasteiger charge is 2.31. The molecule has 3 aromatic rings. The van der Waals surface area contributed by atoms with E-state index in [9.17, 15) is 22.9 Å². The van der Waals surface area contributed by atoms with Crippen LogP contribution in [0.4, 0.5) is 10.1 Å². The van der Waals surface area contributed by atoms with Crippen molar-refractivity contribution in [2.24, 2.45) is 5.92 Å². The molecule has 3 aliphatic rings. The summed E-state index contributed by atoms with van der Waals surface area (Å²) in [5.74, 6) is 0.606. The Morgan fingerprint density at radius 1 is 0.952 bits per heavy atom. The number of nitro benzene ring substituents is 1. The van der Waals surface area contributed by atoms with Gasteiger partial charge in [-0.25, -0.2) is 12.8 Å². The van der Waals surface area contributed by atoms with E-state index in [0.29, 0.717) is 25.6 Å². The van der Waals surface area contributed by atoms with Crippen LogP contribution in [0.1, 0.15) is 48.8 Å². The summed E-state index contributed by atoms with van der Waals surface area (Å²) in [6.45, 7) is 1.33. The molecular formula is C33H31FN2O5S. The molecule has 1 aliphatic heterocycles. The number of hydrogen-bond acceptors (Lipinski definition) is 5. The summed E-state index contributed by atoms with van der Waals surface area (Å²) in [5, 5.41) is 11.5. The minimum Gasteiger partial charge on any atom is -0.493 e. The van der Waals surface area contributed by atoms with Crippen molar-refractivity contribution in [1.29, 1.82) is 0 Å². The van der Waals surface area contributed by atoms with E-state index in [2.05, 4.69) is 18.2 Å². The molecule has 0 unspecified atom stereocenters. The zero-order chi connectivity index (χ0) is 29.3. The number of nitro groups is 1. The molecule has 1 fully saturated rings. The predicted octanol–water partition coefficient (Wildman–Crippen LogP) is 7.26. The van der Waals surface area contributed by atoms with Crippen molar-refractivity contribution in [3.63, 3.8) is 0 Å². The number of rotatable bonds is 8. The molecule has 0 N–H and O–H groups in total.